The standard InChI is InChI=1S/C23H33N5/c1-4-24-23(26-15-19(3)21-9-7-8-18(2)14-21)27-17-20-10-11-22(25-16-20)28-12-5-6-13-28/h7-11,14,16,19H,4-6,12-13,15,17H2,1-3H3,(H2,24,26,27). The van der Waals surface area contributed by atoms with E-state index in [1.807, 2.05) is 6.20 Å². The SMILES string of the molecule is CCNC(=NCc1ccc(N2CCCC2)nc1)NCC(C)c1cccc(C)c1. The van der Waals surface area contributed by atoms with Crippen LogP contribution in [-0.2, 0) is 6.54 Å². The van der Waals surface area contributed by atoms with Crippen LogP contribution >= 0.6 is 0 Å². The van der Waals surface area contributed by atoms with E-state index in [-0.39, 0.29) is 0 Å². The van der Waals surface area contributed by atoms with Crippen LogP contribution in [-0.4, -0.2) is 37.1 Å². The van der Waals surface area contributed by atoms with Crippen LogP contribution in [0.4, 0.5) is 5.82 Å². The van der Waals surface area contributed by atoms with Gasteiger partial charge in [0.25, 0.3) is 0 Å². The van der Waals surface area contributed by atoms with E-state index in [0.29, 0.717) is 12.5 Å². The van der Waals surface area contributed by atoms with E-state index in [2.05, 4.69) is 77.7 Å². The molecule has 5 nitrogen and oxygen atoms in total. The lowest BCUT2D eigenvalue weighted by atomic mass is 9.99. The minimum absolute atomic E-state index is 0.421. The molecule has 1 fully saturated rings. The highest BCUT2D eigenvalue weighted by Crippen LogP contribution is 2.18. The van der Waals surface area contributed by atoms with E-state index in [0.717, 1.165) is 43.5 Å². The summed E-state index contributed by atoms with van der Waals surface area (Å²) in [5.41, 5.74) is 3.78. The molecule has 1 unspecified atom stereocenters. The molecule has 0 bridgehead atoms. The summed E-state index contributed by atoms with van der Waals surface area (Å²) in [6.45, 7) is 11.0. The summed E-state index contributed by atoms with van der Waals surface area (Å²) in [5.74, 6) is 2.36. The maximum atomic E-state index is 4.73. The second-order valence-electron chi connectivity index (χ2n) is 7.61. The zero-order valence-corrected chi connectivity index (χ0v) is 17.4. The Morgan fingerprint density at radius 2 is 2.00 bits per heavy atom. The molecule has 3 rings (SSSR count). The molecule has 2 N–H and O–H groups in total. The van der Waals surface area contributed by atoms with Gasteiger partial charge in [-0.15, -0.1) is 0 Å². The molecular formula is C23H33N5. The monoisotopic (exact) mass is 379 g/mol. The van der Waals surface area contributed by atoms with Crippen LogP contribution in [0.5, 0.6) is 0 Å². The molecule has 1 aliphatic rings. The van der Waals surface area contributed by atoms with Crippen LogP contribution in [0.15, 0.2) is 47.6 Å². The zero-order chi connectivity index (χ0) is 19.8. The summed E-state index contributed by atoms with van der Waals surface area (Å²) >= 11 is 0. The van der Waals surface area contributed by atoms with E-state index >= 15 is 0 Å². The first-order chi connectivity index (χ1) is 13.7. The summed E-state index contributed by atoms with van der Waals surface area (Å²) in [6, 6.07) is 13.0. The summed E-state index contributed by atoms with van der Waals surface area (Å²) in [6.07, 6.45) is 4.49. The number of guanidine groups is 1. The summed E-state index contributed by atoms with van der Waals surface area (Å²) in [5, 5.41) is 6.81. The van der Waals surface area contributed by atoms with Crippen molar-refractivity contribution in [3.63, 3.8) is 0 Å². The maximum absolute atomic E-state index is 4.73. The number of rotatable bonds is 7. The minimum atomic E-state index is 0.421. The molecule has 150 valence electrons. The Labute approximate surface area is 169 Å². The summed E-state index contributed by atoms with van der Waals surface area (Å²) < 4.78 is 0. The average molecular weight is 380 g/mol. The molecule has 1 aromatic heterocycles. The molecule has 0 aliphatic carbocycles. The first-order valence-corrected chi connectivity index (χ1v) is 10.4. The fraction of sp³-hybridized carbons (Fsp3) is 0.478. The predicted molar refractivity (Wildman–Crippen MR) is 118 cm³/mol. The van der Waals surface area contributed by atoms with Crippen molar-refractivity contribution in [2.75, 3.05) is 31.1 Å². The number of hydrogen-bond donors (Lipinski definition) is 2. The Hall–Kier alpha value is -2.56. The largest absolute Gasteiger partial charge is 0.357 e. The highest BCUT2D eigenvalue weighted by Gasteiger charge is 2.13. The van der Waals surface area contributed by atoms with Gasteiger partial charge in [0.15, 0.2) is 5.96 Å². The molecule has 0 spiro atoms. The van der Waals surface area contributed by atoms with Crippen LogP contribution < -0.4 is 15.5 Å². The zero-order valence-electron chi connectivity index (χ0n) is 17.4. The number of nitrogens with one attached hydrogen (secondary N) is 2. The Balaban J connectivity index is 1.56. The van der Waals surface area contributed by atoms with Gasteiger partial charge in [-0.3, -0.25) is 0 Å². The fourth-order valence-corrected chi connectivity index (χ4v) is 3.50. The maximum Gasteiger partial charge on any atom is 0.191 e. The van der Waals surface area contributed by atoms with Gasteiger partial charge in [0, 0.05) is 32.4 Å². The van der Waals surface area contributed by atoms with Crippen LogP contribution in [0.25, 0.3) is 0 Å². The van der Waals surface area contributed by atoms with Crippen molar-refractivity contribution in [3.8, 4) is 0 Å². The Morgan fingerprint density at radius 3 is 2.68 bits per heavy atom. The quantitative estimate of drug-likeness (QED) is 0.567. The van der Waals surface area contributed by atoms with Crippen LogP contribution in [0.3, 0.4) is 0 Å². The summed E-state index contributed by atoms with van der Waals surface area (Å²) in [4.78, 5) is 11.7. The molecule has 2 aromatic rings. The Bertz CT molecular complexity index is 763. The molecule has 1 atom stereocenters. The van der Waals surface area contributed by atoms with Crippen molar-refractivity contribution < 1.29 is 0 Å². The van der Waals surface area contributed by atoms with E-state index in [1.165, 1.54) is 24.0 Å². The van der Waals surface area contributed by atoms with Crippen molar-refractivity contribution in [2.24, 2.45) is 4.99 Å². The number of aryl methyl sites for hydroxylation is 1. The number of pyridine rings is 1. The molecule has 1 aromatic carbocycles. The number of benzene rings is 1. The molecule has 0 radical (unpaired) electrons. The van der Waals surface area contributed by atoms with Gasteiger partial charge >= 0.3 is 0 Å². The highest BCUT2D eigenvalue weighted by atomic mass is 15.2. The van der Waals surface area contributed by atoms with Gasteiger partial charge in [0.05, 0.1) is 6.54 Å². The first kappa shape index (κ1) is 20.2. The Morgan fingerprint density at radius 1 is 1.18 bits per heavy atom. The number of nitrogens with zero attached hydrogens (tertiary/aromatic N) is 3. The van der Waals surface area contributed by atoms with Crippen molar-refractivity contribution >= 4 is 11.8 Å². The minimum Gasteiger partial charge on any atom is -0.357 e. The number of hydrogen-bond acceptors (Lipinski definition) is 3. The molecule has 1 aliphatic heterocycles. The van der Waals surface area contributed by atoms with Crippen LogP contribution in [0, 0.1) is 6.92 Å². The second kappa shape index (κ2) is 10.1. The van der Waals surface area contributed by atoms with Crippen molar-refractivity contribution in [1.82, 2.24) is 15.6 Å². The van der Waals surface area contributed by atoms with E-state index < -0.39 is 0 Å². The predicted octanol–water partition coefficient (Wildman–Crippen LogP) is 3.85. The third-order valence-corrected chi connectivity index (χ3v) is 5.19. The number of anilines is 1. The number of aromatic nitrogens is 1. The topological polar surface area (TPSA) is 52.6 Å². The second-order valence-corrected chi connectivity index (χ2v) is 7.61. The summed E-state index contributed by atoms with van der Waals surface area (Å²) in [7, 11) is 0. The lowest BCUT2D eigenvalue weighted by molar-refractivity contribution is 0.699. The van der Waals surface area contributed by atoms with Gasteiger partial charge in [-0.2, -0.15) is 0 Å². The molecule has 0 amide bonds. The lowest BCUT2D eigenvalue weighted by Gasteiger charge is -2.17. The molecule has 5 heteroatoms. The molecule has 2 heterocycles. The van der Waals surface area contributed by atoms with Gasteiger partial charge < -0.3 is 15.5 Å². The first-order valence-electron chi connectivity index (χ1n) is 10.4. The third kappa shape index (κ3) is 5.72. The van der Waals surface area contributed by atoms with Gasteiger partial charge in [0.1, 0.15) is 5.82 Å². The molecule has 1 saturated heterocycles. The molecule has 0 saturated carbocycles. The van der Waals surface area contributed by atoms with Gasteiger partial charge in [-0.1, -0.05) is 42.8 Å². The van der Waals surface area contributed by atoms with Crippen molar-refractivity contribution in [2.45, 2.75) is 46.1 Å². The van der Waals surface area contributed by atoms with Crippen molar-refractivity contribution in [1.29, 1.82) is 0 Å². The molecule has 28 heavy (non-hydrogen) atoms. The van der Waals surface area contributed by atoms with Gasteiger partial charge in [-0.05, 0) is 49.8 Å². The molecular weight excluding hydrogens is 346 g/mol. The van der Waals surface area contributed by atoms with Gasteiger partial charge in [0.2, 0.25) is 0 Å². The van der Waals surface area contributed by atoms with E-state index in [4.69, 9.17) is 4.99 Å². The van der Waals surface area contributed by atoms with E-state index in [1.54, 1.807) is 0 Å². The van der Waals surface area contributed by atoms with Crippen molar-refractivity contribution in [3.05, 3.63) is 59.3 Å². The average Bonchev–Trinajstić information content (AvgIpc) is 3.25. The highest BCUT2D eigenvalue weighted by molar-refractivity contribution is 5.79. The number of aliphatic imine (C=N–C) groups is 1. The Kier molecular flexibility index (Phi) is 7.29. The third-order valence-electron chi connectivity index (χ3n) is 5.19. The van der Waals surface area contributed by atoms with Crippen LogP contribution in [0.2, 0.25) is 0 Å². The van der Waals surface area contributed by atoms with Gasteiger partial charge in [-0.25, -0.2) is 9.98 Å². The smallest absolute Gasteiger partial charge is 0.191 e. The lowest BCUT2D eigenvalue weighted by Crippen LogP contribution is -2.39. The van der Waals surface area contributed by atoms with Crippen LogP contribution in [0.1, 0.15) is 49.3 Å². The van der Waals surface area contributed by atoms with E-state index in [9.17, 15) is 0 Å². The fourth-order valence-electron chi connectivity index (χ4n) is 3.50. The normalized spacial score (nSPS) is 15.5.